The van der Waals surface area contributed by atoms with Gasteiger partial charge >= 0.3 is 6.09 Å². The molecular weight excluding hydrogens is 354 g/mol. The molecule has 6 nitrogen and oxygen atoms in total. The molecule has 2 fully saturated rings. The number of carbonyl (C=O) groups is 1. The van der Waals surface area contributed by atoms with Gasteiger partial charge in [-0.15, -0.1) is 0 Å². The van der Waals surface area contributed by atoms with Crippen molar-refractivity contribution in [2.75, 3.05) is 13.1 Å². The molecule has 2 aliphatic rings. The summed E-state index contributed by atoms with van der Waals surface area (Å²) in [6.07, 6.45) is 4.83. The van der Waals surface area contributed by atoms with E-state index in [0.717, 1.165) is 48.7 Å². The predicted octanol–water partition coefficient (Wildman–Crippen LogP) is 3.43. The molecule has 1 saturated heterocycles. The molecule has 1 amide bonds. The molecule has 1 aromatic carbocycles. The van der Waals surface area contributed by atoms with E-state index in [1.807, 2.05) is 44.9 Å². The average molecular weight is 383 g/mol. The molecule has 0 unspecified atom stereocenters. The molecule has 1 aliphatic carbocycles. The molecule has 2 heterocycles. The summed E-state index contributed by atoms with van der Waals surface area (Å²) in [5, 5.41) is 5.98. The first-order chi connectivity index (χ1) is 13.1. The first-order valence-corrected chi connectivity index (χ1v) is 9.99. The number of amides is 1. The molecule has 28 heavy (non-hydrogen) atoms. The fourth-order valence-corrected chi connectivity index (χ4v) is 4.84. The maximum Gasteiger partial charge on any atom is 0.410 e. The zero-order valence-electron chi connectivity index (χ0n) is 17.4. The van der Waals surface area contributed by atoms with Crippen LogP contribution >= 0.6 is 0 Å². The number of rotatable bonds is 2. The van der Waals surface area contributed by atoms with E-state index in [0.29, 0.717) is 5.92 Å². The number of likely N-dealkylation sites (tertiary alicyclic amines) is 1. The van der Waals surface area contributed by atoms with Crippen molar-refractivity contribution in [1.82, 2.24) is 14.7 Å². The van der Waals surface area contributed by atoms with Crippen LogP contribution in [-0.2, 0) is 18.2 Å². The second-order valence-corrected chi connectivity index (χ2v) is 9.72. The van der Waals surface area contributed by atoms with Gasteiger partial charge in [0.05, 0.1) is 11.6 Å². The molecule has 1 spiro atoms. The molecule has 0 atom stereocenters. The number of hydrogen-bond donors (Lipinski definition) is 0. The lowest BCUT2D eigenvalue weighted by atomic mass is 9.56. The van der Waals surface area contributed by atoms with Crippen molar-refractivity contribution >= 4 is 16.9 Å². The minimum absolute atomic E-state index is 0.0334. The Kier molecular flexibility index (Phi) is 4.28. The van der Waals surface area contributed by atoms with Crippen LogP contribution in [0.2, 0.25) is 0 Å². The van der Waals surface area contributed by atoms with E-state index in [1.54, 1.807) is 7.05 Å². The van der Waals surface area contributed by atoms with Crippen molar-refractivity contribution in [3.05, 3.63) is 39.8 Å². The van der Waals surface area contributed by atoms with E-state index < -0.39 is 5.60 Å². The number of carbonyl (C=O) groups excluding carboxylic acids is 1. The van der Waals surface area contributed by atoms with E-state index >= 15 is 0 Å². The lowest BCUT2D eigenvalue weighted by molar-refractivity contribution is -0.0947. The lowest BCUT2D eigenvalue weighted by Crippen LogP contribution is -2.64. The molecular formula is C22H29N3O3. The number of ether oxygens (including phenoxy) is 1. The quantitative estimate of drug-likeness (QED) is 0.797. The fourth-order valence-electron chi connectivity index (χ4n) is 4.84. The van der Waals surface area contributed by atoms with Crippen molar-refractivity contribution in [2.45, 2.75) is 52.6 Å². The lowest BCUT2D eigenvalue weighted by Gasteiger charge is -2.59. The molecule has 2 aromatic rings. The number of nitrogens with zero attached hydrogens (tertiary/aromatic N) is 3. The Morgan fingerprint density at radius 3 is 2.61 bits per heavy atom. The molecule has 6 heteroatoms. The zero-order chi connectivity index (χ0) is 20.3. The van der Waals surface area contributed by atoms with Gasteiger partial charge in [0.25, 0.3) is 5.56 Å². The minimum Gasteiger partial charge on any atom is -0.444 e. The normalized spacial score (nSPS) is 18.8. The summed E-state index contributed by atoms with van der Waals surface area (Å²) in [7, 11) is 1.69. The van der Waals surface area contributed by atoms with Gasteiger partial charge in [0.2, 0.25) is 0 Å². The Morgan fingerprint density at radius 1 is 1.29 bits per heavy atom. The molecule has 0 radical (unpaired) electrons. The summed E-state index contributed by atoms with van der Waals surface area (Å²) < 4.78 is 6.85. The van der Waals surface area contributed by atoms with Gasteiger partial charge in [0.15, 0.2) is 0 Å². The number of benzene rings is 1. The highest BCUT2D eigenvalue weighted by Gasteiger charge is 2.54. The number of fused-ring (bicyclic) bond motifs is 1. The zero-order valence-corrected chi connectivity index (χ0v) is 17.4. The van der Waals surface area contributed by atoms with E-state index in [1.165, 1.54) is 10.2 Å². The van der Waals surface area contributed by atoms with Crippen LogP contribution in [-0.4, -0.2) is 39.5 Å². The maximum absolute atomic E-state index is 12.5. The van der Waals surface area contributed by atoms with Gasteiger partial charge in [0.1, 0.15) is 5.60 Å². The van der Waals surface area contributed by atoms with Crippen LogP contribution in [0.5, 0.6) is 0 Å². The molecule has 1 aromatic heterocycles. The Bertz CT molecular complexity index is 988. The fraction of sp³-hybridized carbons (Fsp3) is 0.591. The first-order valence-electron chi connectivity index (χ1n) is 9.99. The second-order valence-electron chi connectivity index (χ2n) is 9.72. The SMILES string of the molecule is Cc1ccc(CC2CC3(C2)CN(C(=O)OC(C)(C)C)C3)c2cnn(C)c(=O)c12. The van der Waals surface area contributed by atoms with E-state index in [-0.39, 0.29) is 17.1 Å². The van der Waals surface area contributed by atoms with Gasteiger partial charge in [-0.2, -0.15) is 5.10 Å². The maximum atomic E-state index is 12.5. The van der Waals surface area contributed by atoms with Crippen LogP contribution in [0.3, 0.4) is 0 Å². The molecule has 1 aliphatic heterocycles. The molecule has 0 bridgehead atoms. The highest BCUT2D eigenvalue weighted by molar-refractivity contribution is 5.87. The van der Waals surface area contributed by atoms with Crippen molar-refractivity contribution in [1.29, 1.82) is 0 Å². The summed E-state index contributed by atoms with van der Waals surface area (Å²) in [6.45, 7) is 9.27. The highest BCUT2D eigenvalue weighted by Crippen LogP contribution is 2.53. The van der Waals surface area contributed by atoms with Gasteiger partial charge in [-0.05, 0) is 64.0 Å². The summed E-state index contributed by atoms with van der Waals surface area (Å²) in [6, 6.07) is 4.18. The minimum atomic E-state index is -0.445. The van der Waals surface area contributed by atoms with E-state index in [9.17, 15) is 9.59 Å². The Hall–Kier alpha value is -2.37. The third-order valence-electron chi connectivity index (χ3n) is 6.07. The monoisotopic (exact) mass is 383 g/mol. The molecule has 4 rings (SSSR count). The Labute approximate surface area is 165 Å². The second kappa shape index (κ2) is 6.33. The number of hydrogen-bond acceptors (Lipinski definition) is 4. The summed E-state index contributed by atoms with van der Waals surface area (Å²) in [5.41, 5.74) is 2.00. The summed E-state index contributed by atoms with van der Waals surface area (Å²) in [5.74, 6) is 0.593. The van der Waals surface area contributed by atoms with Crippen LogP contribution in [0.15, 0.2) is 23.1 Å². The van der Waals surface area contributed by atoms with Crippen LogP contribution in [0, 0.1) is 18.3 Å². The molecule has 0 N–H and O–H groups in total. The van der Waals surface area contributed by atoms with Crippen LogP contribution in [0.1, 0.15) is 44.7 Å². The van der Waals surface area contributed by atoms with Gasteiger partial charge in [-0.1, -0.05) is 12.1 Å². The van der Waals surface area contributed by atoms with Gasteiger partial charge in [-0.25, -0.2) is 9.48 Å². The Morgan fingerprint density at radius 2 is 1.96 bits per heavy atom. The van der Waals surface area contributed by atoms with Crippen molar-refractivity contribution in [3.8, 4) is 0 Å². The molecule has 150 valence electrons. The van der Waals surface area contributed by atoms with E-state index in [4.69, 9.17) is 4.74 Å². The standard InChI is InChI=1S/C22H29N3O3/c1-14-6-7-16(17-11-23-24(5)19(26)18(14)17)8-15-9-22(10-15)12-25(13-22)20(27)28-21(2,3)4/h6-7,11,15H,8-10,12-13H2,1-5H3. The third-order valence-corrected chi connectivity index (χ3v) is 6.07. The van der Waals surface area contributed by atoms with E-state index in [2.05, 4.69) is 11.2 Å². The largest absolute Gasteiger partial charge is 0.444 e. The number of aryl methyl sites for hydroxylation is 2. The topological polar surface area (TPSA) is 64.4 Å². The highest BCUT2D eigenvalue weighted by atomic mass is 16.6. The number of aromatic nitrogens is 2. The smallest absolute Gasteiger partial charge is 0.410 e. The predicted molar refractivity (Wildman–Crippen MR) is 108 cm³/mol. The van der Waals surface area contributed by atoms with Crippen molar-refractivity contribution in [2.24, 2.45) is 18.4 Å². The van der Waals surface area contributed by atoms with Gasteiger partial charge in [-0.3, -0.25) is 4.79 Å². The van der Waals surface area contributed by atoms with Gasteiger partial charge < -0.3 is 9.64 Å². The van der Waals surface area contributed by atoms with Gasteiger partial charge in [0, 0.05) is 30.9 Å². The third kappa shape index (κ3) is 3.29. The first kappa shape index (κ1) is 19.0. The average Bonchev–Trinajstić information content (AvgIpc) is 2.51. The summed E-state index contributed by atoms with van der Waals surface area (Å²) >= 11 is 0. The van der Waals surface area contributed by atoms with Crippen molar-refractivity contribution in [3.63, 3.8) is 0 Å². The van der Waals surface area contributed by atoms with Crippen molar-refractivity contribution < 1.29 is 9.53 Å². The Balaban J connectivity index is 1.40. The van der Waals surface area contributed by atoms with Crippen LogP contribution in [0.25, 0.3) is 10.8 Å². The van der Waals surface area contributed by atoms with Crippen LogP contribution < -0.4 is 5.56 Å². The summed E-state index contributed by atoms with van der Waals surface area (Å²) in [4.78, 5) is 26.4. The van der Waals surface area contributed by atoms with Crippen LogP contribution in [0.4, 0.5) is 4.79 Å². The molecule has 1 saturated carbocycles.